The summed E-state index contributed by atoms with van der Waals surface area (Å²) in [6, 6.07) is 66.6. The normalized spacial score (nSPS) is 17.5. The molecular weight excluding hydrogens is 1180 g/mol. The first-order valence-electron chi connectivity index (χ1n) is 33.2. The summed E-state index contributed by atoms with van der Waals surface area (Å²) in [7, 11) is 3.35. The van der Waals surface area contributed by atoms with E-state index in [2.05, 4.69) is 100 Å². The molecule has 0 saturated carbocycles. The van der Waals surface area contributed by atoms with Gasteiger partial charge in [0.05, 0.1) is 46.2 Å². The van der Waals surface area contributed by atoms with Gasteiger partial charge >= 0.3 is 0 Å². The number of methoxy groups -OCH3 is 2. The predicted octanol–water partition coefficient (Wildman–Crippen LogP) is 15.8. The number of hydrogen-bond donors (Lipinski definition) is 0. The summed E-state index contributed by atoms with van der Waals surface area (Å²) in [5, 5.41) is 0. The molecule has 5 unspecified atom stereocenters. The van der Waals surface area contributed by atoms with Crippen LogP contribution in [0, 0.1) is 20.8 Å². The molecule has 8 aromatic carbocycles. The van der Waals surface area contributed by atoms with Crippen molar-refractivity contribution in [1.82, 2.24) is 0 Å². The van der Waals surface area contributed by atoms with Gasteiger partial charge in [0.2, 0.25) is 0 Å². The first kappa shape index (κ1) is 71.9. The minimum atomic E-state index is -0.00712. The average Bonchev–Trinajstić information content (AvgIpc) is 1.27. The van der Waals surface area contributed by atoms with Gasteiger partial charge in [-0.15, -0.1) is 0 Å². The highest BCUT2D eigenvalue weighted by Gasteiger charge is 2.27. The number of benzene rings is 8. The van der Waals surface area contributed by atoms with Gasteiger partial charge in [0, 0.05) is 26.1 Å². The Balaban J connectivity index is 0.000000213. The molecular formula is C80H98O14. The van der Waals surface area contributed by atoms with Crippen LogP contribution in [0.25, 0.3) is 0 Å². The van der Waals surface area contributed by atoms with Gasteiger partial charge in [0.25, 0.3) is 0 Å². The van der Waals surface area contributed by atoms with Gasteiger partial charge in [-0.1, -0.05) is 168 Å². The van der Waals surface area contributed by atoms with Crippen LogP contribution in [0.5, 0.6) is 40.2 Å². The lowest BCUT2D eigenvalue weighted by molar-refractivity contribution is 0.146. The lowest BCUT2D eigenvalue weighted by Crippen LogP contribution is -2.08. The quantitative estimate of drug-likeness (QED) is 0.0249. The molecule has 5 fully saturated rings. The molecule has 5 heterocycles. The molecule has 0 aliphatic carbocycles. The van der Waals surface area contributed by atoms with Gasteiger partial charge in [-0.2, -0.15) is 0 Å². The zero-order valence-corrected chi connectivity index (χ0v) is 56.5. The maximum Gasteiger partial charge on any atom is 0.122 e. The van der Waals surface area contributed by atoms with Crippen molar-refractivity contribution < 1.29 is 66.3 Å². The number of epoxide rings is 5. The summed E-state index contributed by atoms with van der Waals surface area (Å²) < 4.78 is 76.3. The highest BCUT2D eigenvalue weighted by Crippen LogP contribution is 2.38. The summed E-state index contributed by atoms with van der Waals surface area (Å²) in [4.78, 5) is 0. The summed E-state index contributed by atoms with van der Waals surface area (Å²) in [5.74, 6) is 6.20. The first-order chi connectivity index (χ1) is 46.1. The van der Waals surface area contributed by atoms with Gasteiger partial charge in [-0.05, 0) is 138 Å². The summed E-state index contributed by atoms with van der Waals surface area (Å²) >= 11 is 0. The Morgan fingerprint density at radius 2 is 0.489 bits per heavy atom. The number of rotatable bonds is 29. The van der Waals surface area contributed by atoms with E-state index in [0.717, 1.165) is 84.4 Å². The molecule has 0 radical (unpaired) electrons. The topological polar surface area (TPSA) is 146 Å². The van der Waals surface area contributed by atoms with Crippen LogP contribution in [0.1, 0.15) is 102 Å². The van der Waals surface area contributed by atoms with Crippen LogP contribution in [0.2, 0.25) is 0 Å². The van der Waals surface area contributed by atoms with Crippen molar-refractivity contribution in [3.8, 4) is 40.2 Å². The zero-order valence-electron chi connectivity index (χ0n) is 56.5. The molecule has 14 heteroatoms. The van der Waals surface area contributed by atoms with Gasteiger partial charge in [-0.3, -0.25) is 0 Å². The lowest BCUT2D eigenvalue weighted by atomic mass is 9.81. The Kier molecular flexibility index (Phi) is 30.4. The number of hydrogen-bond acceptors (Lipinski definition) is 14. The number of ether oxygens (including phenoxy) is 14. The summed E-state index contributed by atoms with van der Waals surface area (Å²) in [6.45, 7) is 24.0. The molecule has 0 aromatic heterocycles. The van der Waals surface area contributed by atoms with Gasteiger partial charge in [0.15, 0.2) is 0 Å². The molecule has 0 N–H and O–H groups in total. The van der Waals surface area contributed by atoms with Crippen LogP contribution < -0.4 is 33.2 Å². The molecule has 5 atom stereocenters. The van der Waals surface area contributed by atoms with E-state index in [4.69, 9.17) is 66.3 Å². The molecule has 5 saturated heterocycles. The smallest absolute Gasteiger partial charge is 0.122 e. The van der Waals surface area contributed by atoms with E-state index in [1.807, 2.05) is 142 Å². The highest BCUT2D eigenvalue weighted by atomic mass is 16.6. The second-order valence-electron chi connectivity index (χ2n) is 23.5. The SMILES string of the molecule is CCC.CCC.COCCOc1ccc(C(c2ccc(OCCOC)cc2)c2ccc(C(c3ccc(OCC4CO4)cc3)c3ccc(OCC4CO4)cc3)cc2)cc1.Cc1ccccc1OCC1CO1.Cc1ccccc1OCC1CO1.Cc1ccccc1OCC1CO1. The molecule has 5 aliphatic rings. The van der Waals surface area contributed by atoms with E-state index in [9.17, 15) is 0 Å². The molecule has 94 heavy (non-hydrogen) atoms. The lowest BCUT2D eigenvalue weighted by Gasteiger charge is -2.23. The van der Waals surface area contributed by atoms with Gasteiger partial charge < -0.3 is 66.3 Å². The largest absolute Gasteiger partial charge is 0.491 e. The number of aryl methyl sites for hydroxylation is 3. The van der Waals surface area contributed by atoms with Crippen LogP contribution in [-0.4, -0.2) is 137 Å². The molecule has 0 spiro atoms. The average molecular weight is 1280 g/mol. The molecule has 8 aromatic rings. The van der Waals surface area contributed by atoms with Crippen molar-refractivity contribution in [2.45, 2.75) is 104 Å². The van der Waals surface area contributed by atoms with Gasteiger partial charge in [-0.25, -0.2) is 0 Å². The molecule has 0 amide bonds. The standard InChI is InChI=1S/C44H46O8.3C10H12O2.2C3H8/c1-45-23-25-47-37-15-7-33(8-16-37)43(34-9-17-38(18-10-34)48-26-24-46-2)31-3-5-32(6-4-31)44(35-11-19-39(20-12-35)49-27-41-29-51-41)36-13-21-40(22-14-36)50-28-42-30-52-42;3*1-8-4-2-3-5-10(8)12-7-9-6-11-9;2*1-3-2/h3-22,41-44H,23-30H2,1-2H3;3*2-5,9H,6-7H2,1H3;2*3H2,1-2H3. The van der Waals surface area contributed by atoms with Crippen LogP contribution in [0.4, 0.5) is 0 Å². The Bertz CT molecular complexity index is 3090. The summed E-state index contributed by atoms with van der Waals surface area (Å²) in [5.41, 5.74) is 10.6. The van der Waals surface area contributed by atoms with Crippen LogP contribution in [0.3, 0.4) is 0 Å². The van der Waals surface area contributed by atoms with Crippen molar-refractivity contribution in [1.29, 1.82) is 0 Å². The van der Waals surface area contributed by atoms with Crippen LogP contribution in [0.15, 0.2) is 194 Å². The zero-order chi connectivity index (χ0) is 66.1. The van der Waals surface area contributed by atoms with Crippen molar-refractivity contribution >= 4 is 0 Å². The van der Waals surface area contributed by atoms with Gasteiger partial charge in [0.1, 0.15) is 117 Å². The fourth-order valence-electron chi connectivity index (χ4n) is 9.45. The number of para-hydroxylation sites is 3. The minimum Gasteiger partial charge on any atom is -0.491 e. The van der Waals surface area contributed by atoms with E-state index in [0.29, 0.717) is 77.8 Å². The Labute approximate surface area is 558 Å². The second kappa shape index (κ2) is 39.7. The van der Waals surface area contributed by atoms with Crippen molar-refractivity contribution in [3.05, 3.63) is 244 Å². The van der Waals surface area contributed by atoms with E-state index in [1.165, 1.54) is 51.8 Å². The highest BCUT2D eigenvalue weighted by molar-refractivity contribution is 5.50. The van der Waals surface area contributed by atoms with Crippen molar-refractivity contribution in [3.63, 3.8) is 0 Å². The van der Waals surface area contributed by atoms with E-state index >= 15 is 0 Å². The Hall–Kier alpha value is -7.92. The van der Waals surface area contributed by atoms with Crippen LogP contribution in [-0.2, 0) is 33.2 Å². The monoisotopic (exact) mass is 1280 g/mol. The Morgan fingerprint density at radius 3 is 0.702 bits per heavy atom. The fraction of sp³-hybridized carbons (Fsp3) is 0.400. The molecule has 14 nitrogen and oxygen atoms in total. The fourth-order valence-corrected chi connectivity index (χ4v) is 9.45. The van der Waals surface area contributed by atoms with Crippen molar-refractivity contribution in [2.24, 2.45) is 0 Å². The molecule has 5 aliphatic heterocycles. The van der Waals surface area contributed by atoms with E-state index in [-0.39, 0.29) is 24.0 Å². The van der Waals surface area contributed by atoms with E-state index in [1.54, 1.807) is 14.2 Å². The maximum absolute atomic E-state index is 5.95. The van der Waals surface area contributed by atoms with Crippen molar-refractivity contribution in [2.75, 3.05) is 107 Å². The molecule has 0 bridgehead atoms. The molecule has 502 valence electrons. The Morgan fingerprint density at radius 1 is 0.287 bits per heavy atom. The second-order valence-corrected chi connectivity index (χ2v) is 23.5. The summed E-state index contributed by atoms with van der Waals surface area (Å²) in [6.07, 6.45) is 3.93. The predicted molar refractivity (Wildman–Crippen MR) is 370 cm³/mol. The third-order valence-electron chi connectivity index (χ3n) is 15.0. The molecule has 13 rings (SSSR count). The minimum absolute atomic E-state index is 0.00111. The van der Waals surface area contributed by atoms with Crippen LogP contribution >= 0.6 is 0 Å². The van der Waals surface area contributed by atoms with E-state index < -0.39 is 0 Å². The maximum atomic E-state index is 5.95. The first-order valence-corrected chi connectivity index (χ1v) is 33.2. The third-order valence-corrected chi connectivity index (χ3v) is 15.0. The third kappa shape index (κ3) is 26.1.